The molecule has 0 saturated carbocycles. The lowest BCUT2D eigenvalue weighted by atomic mass is 10.3. The predicted octanol–water partition coefficient (Wildman–Crippen LogP) is -0.120. The molecule has 0 radical (unpaired) electrons. The Kier molecular flexibility index (Phi) is 3.70. The first-order valence-corrected chi connectivity index (χ1v) is 7.05. The molecule has 21 heavy (non-hydrogen) atoms. The summed E-state index contributed by atoms with van der Waals surface area (Å²) in [6.45, 7) is 5.36. The second-order valence-electron chi connectivity index (χ2n) is 5.12. The van der Waals surface area contributed by atoms with Crippen LogP contribution in [-0.2, 0) is 24.9 Å². The highest BCUT2D eigenvalue weighted by Gasteiger charge is 2.26. The maximum Gasteiger partial charge on any atom is 0.241 e. The highest BCUT2D eigenvalue weighted by atomic mass is 16.2. The molecule has 8 nitrogen and oxygen atoms in total. The molecule has 0 unspecified atom stereocenters. The molecule has 1 fully saturated rings. The molecule has 0 bridgehead atoms. The second kappa shape index (κ2) is 5.65. The normalized spacial score (nSPS) is 16.7. The third-order valence-electron chi connectivity index (χ3n) is 3.66. The van der Waals surface area contributed by atoms with Crippen molar-refractivity contribution in [2.75, 3.05) is 24.5 Å². The lowest BCUT2D eigenvalue weighted by molar-refractivity contribution is -0.121. The van der Waals surface area contributed by atoms with Gasteiger partial charge in [0.2, 0.25) is 5.91 Å². The van der Waals surface area contributed by atoms with Gasteiger partial charge in [0.25, 0.3) is 0 Å². The third kappa shape index (κ3) is 2.80. The number of nitrogens with zero attached hydrogens (tertiary/aromatic N) is 7. The summed E-state index contributed by atoms with van der Waals surface area (Å²) in [4.78, 5) is 20.4. The van der Waals surface area contributed by atoms with E-state index in [9.17, 15) is 4.79 Å². The summed E-state index contributed by atoms with van der Waals surface area (Å²) in [6.07, 6.45) is 5.15. The van der Waals surface area contributed by atoms with Gasteiger partial charge >= 0.3 is 0 Å². The number of piperazine rings is 1. The van der Waals surface area contributed by atoms with Crippen molar-refractivity contribution in [1.82, 2.24) is 29.4 Å². The summed E-state index contributed by atoms with van der Waals surface area (Å²) in [7, 11) is 1.85. The summed E-state index contributed by atoms with van der Waals surface area (Å²) >= 11 is 0. The first-order chi connectivity index (χ1) is 10.2. The lowest BCUT2D eigenvalue weighted by Gasteiger charge is -2.33. The first kappa shape index (κ1) is 13.7. The van der Waals surface area contributed by atoms with Crippen molar-refractivity contribution in [3.05, 3.63) is 24.5 Å². The maximum atomic E-state index is 12.3. The van der Waals surface area contributed by atoms with E-state index in [2.05, 4.69) is 20.1 Å². The average molecular weight is 289 g/mol. The maximum absolute atomic E-state index is 12.3. The quantitative estimate of drug-likeness (QED) is 0.784. The van der Waals surface area contributed by atoms with Crippen molar-refractivity contribution in [3.63, 3.8) is 0 Å². The summed E-state index contributed by atoms with van der Waals surface area (Å²) in [5.74, 6) is 0.997. The van der Waals surface area contributed by atoms with Gasteiger partial charge in [-0.25, -0.2) is 9.67 Å². The van der Waals surface area contributed by atoms with Gasteiger partial charge in [-0.05, 0) is 6.92 Å². The number of amides is 1. The molecular weight excluding hydrogens is 270 g/mol. The Morgan fingerprint density at radius 1 is 1.29 bits per heavy atom. The molecule has 1 aliphatic heterocycles. The Hall–Kier alpha value is -2.22. The Morgan fingerprint density at radius 2 is 2.14 bits per heavy atom. The van der Waals surface area contributed by atoms with Gasteiger partial charge in [-0.15, -0.1) is 0 Å². The van der Waals surface area contributed by atoms with Gasteiger partial charge in [0.15, 0.2) is 0 Å². The third-order valence-corrected chi connectivity index (χ3v) is 3.66. The van der Waals surface area contributed by atoms with Crippen LogP contribution in [-0.4, -0.2) is 55.0 Å². The highest BCUT2D eigenvalue weighted by molar-refractivity contribution is 5.95. The van der Waals surface area contributed by atoms with Crippen molar-refractivity contribution < 1.29 is 4.79 Å². The van der Waals surface area contributed by atoms with Crippen molar-refractivity contribution in [3.8, 4) is 0 Å². The molecule has 0 spiro atoms. The largest absolute Gasteiger partial charge is 0.307 e. The van der Waals surface area contributed by atoms with E-state index in [-0.39, 0.29) is 5.91 Å². The molecule has 1 saturated heterocycles. The molecule has 3 rings (SSSR count). The number of carbonyl (C=O) groups excluding carboxylic acids is 1. The zero-order chi connectivity index (χ0) is 14.8. The van der Waals surface area contributed by atoms with E-state index < -0.39 is 0 Å². The number of hydrogen-bond acceptors (Lipinski definition) is 5. The number of aromatic nitrogens is 5. The van der Waals surface area contributed by atoms with Crippen LogP contribution in [0, 0.1) is 0 Å². The van der Waals surface area contributed by atoms with E-state index in [0.29, 0.717) is 19.6 Å². The minimum atomic E-state index is 0.0943. The van der Waals surface area contributed by atoms with Crippen LogP contribution >= 0.6 is 0 Å². The number of carbonyl (C=O) groups is 1. The molecule has 1 amide bonds. The summed E-state index contributed by atoms with van der Waals surface area (Å²) < 4.78 is 3.57. The van der Waals surface area contributed by atoms with Gasteiger partial charge in [0.1, 0.15) is 12.2 Å². The summed E-state index contributed by atoms with van der Waals surface area (Å²) in [5, 5.41) is 8.27. The van der Waals surface area contributed by atoms with Crippen LogP contribution in [0.1, 0.15) is 12.7 Å². The van der Waals surface area contributed by atoms with Gasteiger partial charge in [-0.1, -0.05) is 0 Å². The first-order valence-electron chi connectivity index (χ1n) is 7.05. The molecule has 2 aromatic rings. The fraction of sp³-hybridized carbons (Fsp3) is 0.538. The van der Waals surface area contributed by atoms with Gasteiger partial charge in [-0.3, -0.25) is 14.4 Å². The average Bonchev–Trinajstić information content (AvgIpc) is 3.08. The predicted molar refractivity (Wildman–Crippen MR) is 76.5 cm³/mol. The van der Waals surface area contributed by atoms with Crippen LogP contribution in [0.15, 0.2) is 18.7 Å². The second-order valence-corrected chi connectivity index (χ2v) is 5.12. The van der Waals surface area contributed by atoms with E-state index >= 15 is 0 Å². The van der Waals surface area contributed by atoms with Crippen molar-refractivity contribution in [2.45, 2.75) is 20.0 Å². The molecule has 8 heteroatoms. The summed E-state index contributed by atoms with van der Waals surface area (Å²) in [6, 6.07) is 0. The molecule has 0 N–H and O–H groups in total. The van der Waals surface area contributed by atoms with Gasteiger partial charge in [0.05, 0.1) is 25.0 Å². The Balaban J connectivity index is 1.64. The summed E-state index contributed by atoms with van der Waals surface area (Å²) in [5.41, 5.74) is 0.860. The van der Waals surface area contributed by atoms with Gasteiger partial charge in [-0.2, -0.15) is 10.2 Å². The minimum Gasteiger partial charge on any atom is -0.307 e. The fourth-order valence-electron chi connectivity index (χ4n) is 2.55. The fourth-order valence-corrected chi connectivity index (χ4v) is 2.55. The topological polar surface area (TPSA) is 72.1 Å². The van der Waals surface area contributed by atoms with E-state index in [1.807, 2.05) is 24.9 Å². The van der Waals surface area contributed by atoms with Crippen LogP contribution in [0.25, 0.3) is 0 Å². The number of anilines is 1. The van der Waals surface area contributed by atoms with E-state index in [1.165, 1.54) is 0 Å². The van der Waals surface area contributed by atoms with E-state index in [1.54, 1.807) is 22.1 Å². The monoisotopic (exact) mass is 289 g/mol. The Morgan fingerprint density at radius 3 is 2.81 bits per heavy atom. The van der Waals surface area contributed by atoms with Gasteiger partial charge < -0.3 is 4.90 Å². The Labute approximate surface area is 123 Å². The van der Waals surface area contributed by atoms with Crippen molar-refractivity contribution >= 4 is 11.6 Å². The SMILES string of the molecule is CCn1ncnc1CN1CCN(c2cnn(C)c2)C(=O)C1. The van der Waals surface area contributed by atoms with Crippen LogP contribution in [0.2, 0.25) is 0 Å². The molecule has 0 atom stereocenters. The van der Waals surface area contributed by atoms with Crippen molar-refractivity contribution in [2.24, 2.45) is 7.05 Å². The van der Waals surface area contributed by atoms with E-state index in [4.69, 9.17) is 0 Å². The standard InChI is InChI=1S/C13H19N7O/c1-3-20-12(14-10-16-20)8-18-4-5-19(13(21)9-18)11-6-15-17(2)7-11/h6-7,10H,3-5,8-9H2,1-2H3. The zero-order valence-electron chi connectivity index (χ0n) is 12.3. The van der Waals surface area contributed by atoms with Gasteiger partial charge in [0, 0.05) is 32.9 Å². The minimum absolute atomic E-state index is 0.0943. The van der Waals surface area contributed by atoms with Crippen LogP contribution in [0.3, 0.4) is 0 Å². The van der Waals surface area contributed by atoms with E-state index in [0.717, 1.165) is 24.6 Å². The Bertz CT molecular complexity index is 632. The molecule has 0 aliphatic carbocycles. The molecular formula is C13H19N7O. The number of hydrogen-bond donors (Lipinski definition) is 0. The lowest BCUT2D eigenvalue weighted by Crippen LogP contribution is -2.50. The zero-order valence-corrected chi connectivity index (χ0v) is 12.3. The number of aryl methyl sites for hydroxylation is 2. The molecule has 1 aliphatic rings. The molecule has 0 aromatic carbocycles. The van der Waals surface area contributed by atoms with Crippen LogP contribution < -0.4 is 4.90 Å². The highest BCUT2D eigenvalue weighted by Crippen LogP contribution is 2.16. The molecule has 3 heterocycles. The smallest absolute Gasteiger partial charge is 0.241 e. The van der Waals surface area contributed by atoms with Crippen LogP contribution in [0.5, 0.6) is 0 Å². The number of rotatable bonds is 4. The van der Waals surface area contributed by atoms with Crippen LogP contribution in [0.4, 0.5) is 5.69 Å². The molecule has 2 aromatic heterocycles. The van der Waals surface area contributed by atoms with Crippen molar-refractivity contribution in [1.29, 1.82) is 0 Å². The molecule has 112 valence electrons.